The molecule has 2 atom stereocenters. The predicted octanol–water partition coefficient (Wildman–Crippen LogP) is 10.5. The molecule has 1 saturated heterocycles. The summed E-state index contributed by atoms with van der Waals surface area (Å²) in [5.41, 5.74) is 0.635. The van der Waals surface area contributed by atoms with Crippen molar-refractivity contribution in [3.05, 3.63) is 36.7 Å². The van der Waals surface area contributed by atoms with Crippen LogP contribution in [0.2, 0.25) is 25.2 Å². The van der Waals surface area contributed by atoms with Crippen molar-refractivity contribution in [2.24, 2.45) is 11.8 Å². The molecule has 0 N–H and O–H groups in total. The monoisotopic (exact) mass is 802 g/mol. The highest BCUT2D eigenvalue weighted by Gasteiger charge is 2.90. The van der Waals surface area contributed by atoms with E-state index in [4.69, 9.17) is 14.2 Å². The van der Waals surface area contributed by atoms with Gasteiger partial charge in [-0.25, -0.2) is 9.97 Å². The summed E-state index contributed by atoms with van der Waals surface area (Å²) in [4.78, 5) is 20.3. The van der Waals surface area contributed by atoms with Gasteiger partial charge in [-0.1, -0.05) is 45.5 Å². The summed E-state index contributed by atoms with van der Waals surface area (Å²) >= 11 is 0. The fourth-order valence-corrected chi connectivity index (χ4v) is 8.01. The Bertz CT molecular complexity index is 1510. The number of halogens is 13. The van der Waals surface area contributed by atoms with Gasteiger partial charge in [0.25, 0.3) is 0 Å². The van der Waals surface area contributed by atoms with E-state index in [2.05, 4.69) is 23.8 Å². The molecule has 2 aromatic rings. The lowest BCUT2D eigenvalue weighted by molar-refractivity contribution is -0.439. The van der Waals surface area contributed by atoms with E-state index in [0.29, 0.717) is 41.6 Å². The van der Waals surface area contributed by atoms with Crippen LogP contribution in [-0.4, -0.2) is 79.1 Å². The fourth-order valence-electron chi connectivity index (χ4n) is 5.56. The topological polar surface area (TPSA) is 70.5 Å². The highest BCUT2D eigenvalue weighted by atomic mass is 28.3. The van der Waals surface area contributed by atoms with Crippen molar-refractivity contribution in [2.45, 2.75) is 113 Å². The molecule has 0 spiro atoms. The lowest BCUT2D eigenvalue weighted by atomic mass is 9.91. The SMILES string of the molecule is CC(C)CC1CC(=O)OC1COc1cnc(-c2ccc(OCCCC[Si](C)(C)CCC(F)(F)C(F)(F)C(F)(F)C(F)(F)C(F)(F)C(F)(F)F)cc2)nc1. The average Bonchev–Trinajstić information content (AvgIpc) is 3.40. The van der Waals surface area contributed by atoms with E-state index in [0.717, 1.165) is 6.42 Å². The zero-order valence-corrected chi connectivity index (χ0v) is 30.0. The lowest BCUT2D eigenvalue weighted by Crippen LogP contribution is -2.70. The second-order valence-corrected chi connectivity index (χ2v) is 19.5. The minimum Gasteiger partial charge on any atom is -0.494 e. The molecule has 0 amide bonds. The van der Waals surface area contributed by atoms with Crippen molar-refractivity contribution in [3.8, 4) is 22.9 Å². The van der Waals surface area contributed by atoms with Crippen LogP contribution in [0.5, 0.6) is 11.5 Å². The van der Waals surface area contributed by atoms with Crippen LogP contribution in [0.25, 0.3) is 11.4 Å². The number of alkyl halides is 13. The Hall–Kier alpha value is -3.32. The molecular weight excluding hydrogens is 763 g/mol. The molecule has 1 aromatic carbocycles. The summed E-state index contributed by atoms with van der Waals surface area (Å²) in [5, 5.41) is 0. The molecule has 3 rings (SSSR count). The van der Waals surface area contributed by atoms with Gasteiger partial charge in [0.1, 0.15) is 18.5 Å². The summed E-state index contributed by atoms with van der Waals surface area (Å²) < 4.78 is 191. The molecule has 1 aromatic heterocycles. The number of rotatable bonds is 19. The van der Waals surface area contributed by atoms with E-state index in [1.165, 1.54) is 25.5 Å². The summed E-state index contributed by atoms with van der Waals surface area (Å²) in [6.45, 7) is 7.21. The molecule has 0 radical (unpaired) electrons. The maximum atomic E-state index is 14.3. The Balaban J connectivity index is 1.45. The van der Waals surface area contributed by atoms with Crippen molar-refractivity contribution in [2.75, 3.05) is 13.2 Å². The number of cyclic esters (lactones) is 1. The van der Waals surface area contributed by atoms with Crippen LogP contribution < -0.4 is 9.47 Å². The van der Waals surface area contributed by atoms with E-state index in [-0.39, 0.29) is 43.7 Å². The Kier molecular flexibility index (Phi) is 13.5. The molecule has 20 heteroatoms. The molecule has 6 nitrogen and oxygen atoms in total. The zero-order valence-electron chi connectivity index (χ0n) is 29.0. The number of carbonyl (C=O) groups is 1. The molecule has 1 aliphatic heterocycles. The number of hydrogen-bond donors (Lipinski definition) is 0. The maximum absolute atomic E-state index is 14.3. The molecular formula is C33H39F13N2O4Si. The summed E-state index contributed by atoms with van der Waals surface area (Å²) in [6, 6.07) is 5.88. The van der Waals surface area contributed by atoms with E-state index in [1.807, 2.05) is 0 Å². The minimum absolute atomic E-state index is 0.0647. The van der Waals surface area contributed by atoms with Gasteiger partial charge in [0, 0.05) is 26.0 Å². The number of esters is 1. The average molecular weight is 803 g/mol. The minimum atomic E-state index is -7.89. The summed E-state index contributed by atoms with van der Waals surface area (Å²) in [6.07, 6.45) is -5.20. The van der Waals surface area contributed by atoms with Crippen LogP contribution in [0, 0.1) is 11.8 Å². The number of ether oxygens (including phenoxy) is 3. The molecule has 53 heavy (non-hydrogen) atoms. The summed E-state index contributed by atoms with van der Waals surface area (Å²) in [5.74, 6) is -35.3. The van der Waals surface area contributed by atoms with Gasteiger partial charge in [0.05, 0.1) is 25.4 Å². The van der Waals surface area contributed by atoms with Crippen molar-refractivity contribution in [1.82, 2.24) is 9.97 Å². The molecule has 300 valence electrons. The quantitative estimate of drug-likeness (QED) is 0.0610. The first-order chi connectivity index (χ1) is 24.1. The van der Waals surface area contributed by atoms with E-state index in [1.54, 1.807) is 24.3 Å². The second-order valence-electron chi connectivity index (χ2n) is 14.2. The molecule has 0 bridgehead atoms. The van der Waals surface area contributed by atoms with Crippen molar-refractivity contribution >= 4 is 14.0 Å². The largest absolute Gasteiger partial charge is 0.494 e. The number of carbonyl (C=O) groups excluding carboxylic acids is 1. The predicted molar refractivity (Wildman–Crippen MR) is 168 cm³/mol. The van der Waals surface area contributed by atoms with E-state index < -0.39 is 56.3 Å². The highest BCUT2D eigenvalue weighted by Crippen LogP contribution is 2.61. The first-order valence-corrected chi connectivity index (χ1v) is 19.9. The number of aromatic nitrogens is 2. The maximum Gasteiger partial charge on any atom is 0.460 e. The molecule has 2 heterocycles. The molecule has 0 saturated carbocycles. The van der Waals surface area contributed by atoms with Gasteiger partial charge in [-0.2, -0.15) is 57.1 Å². The first kappa shape index (κ1) is 44.1. The Morgan fingerprint density at radius 1 is 0.774 bits per heavy atom. The third-order valence-corrected chi connectivity index (χ3v) is 12.1. The Morgan fingerprint density at radius 2 is 1.34 bits per heavy atom. The number of unbranched alkanes of at least 4 members (excludes halogenated alkanes) is 1. The van der Waals surface area contributed by atoms with E-state index in [9.17, 15) is 61.9 Å². The van der Waals surface area contributed by atoms with Crippen molar-refractivity contribution in [3.63, 3.8) is 0 Å². The third kappa shape index (κ3) is 10.1. The molecule has 1 fully saturated rings. The molecule has 2 unspecified atom stereocenters. The van der Waals surface area contributed by atoms with Crippen LogP contribution in [0.15, 0.2) is 36.7 Å². The Labute approximate surface area is 297 Å². The number of benzene rings is 1. The normalized spacial score (nSPS) is 18.0. The Morgan fingerprint density at radius 3 is 1.89 bits per heavy atom. The van der Waals surface area contributed by atoms with Crippen LogP contribution in [0.3, 0.4) is 0 Å². The van der Waals surface area contributed by atoms with Gasteiger partial charge in [-0.05, 0) is 43.0 Å². The van der Waals surface area contributed by atoms with Gasteiger partial charge in [0.2, 0.25) is 0 Å². The molecule has 1 aliphatic rings. The van der Waals surface area contributed by atoms with Crippen LogP contribution in [0.1, 0.15) is 46.0 Å². The van der Waals surface area contributed by atoms with Gasteiger partial charge in [-0.15, -0.1) is 0 Å². The van der Waals surface area contributed by atoms with Gasteiger partial charge in [0.15, 0.2) is 11.6 Å². The zero-order chi connectivity index (χ0) is 40.3. The van der Waals surface area contributed by atoms with Gasteiger partial charge in [-0.3, -0.25) is 4.79 Å². The van der Waals surface area contributed by atoms with Gasteiger partial charge >= 0.3 is 41.8 Å². The van der Waals surface area contributed by atoms with Gasteiger partial charge < -0.3 is 14.2 Å². The van der Waals surface area contributed by atoms with Crippen LogP contribution in [0.4, 0.5) is 57.1 Å². The van der Waals surface area contributed by atoms with Crippen molar-refractivity contribution < 1.29 is 76.1 Å². The lowest BCUT2D eigenvalue weighted by Gasteiger charge is -2.40. The summed E-state index contributed by atoms with van der Waals surface area (Å²) in [7, 11) is -2.94. The number of hydrogen-bond acceptors (Lipinski definition) is 6. The third-order valence-electron chi connectivity index (χ3n) is 8.80. The molecule has 0 aliphatic carbocycles. The number of nitrogens with zero attached hydrogens (tertiary/aromatic N) is 2. The fraction of sp³-hybridized carbons (Fsp3) is 0.667. The van der Waals surface area contributed by atoms with E-state index >= 15 is 0 Å². The standard InChI is InChI=1S/C33H39F13N2O4Si/c1-20(2)15-22-16-26(49)52-25(22)19-51-24-17-47-27(48-18-24)21-7-9-23(10-8-21)50-12-5-6-13-53(3,4)14-11-28(34,35)29(36,37)30(38,39)31(40,41)32(42,43)33(44,45)46/h7-10,17-18,20,22,25H,5-6,11-16,19H2,1-4H3. The van der Waals surface area contributed by atoms with Crippen molar-refractivity contribution in [1.29, 1.82) is 0 Å². The second kappa shape index (κ2) is 16.2. The van der Waals surface area contributed by atoms with Crippen LogP contribution in [-0.2, 0) is 9.53 Å². The smallest absolute Gasteiger partial charge is 0.460 e. The first-order valence-electron chi connectivity index (χ1n) is 16.5. The van der Waals surface area contributed by atoms with Crippen LogP contribution >= 0.6 is 0 Å². The highest BCUT2D eigenvalue weighted by molar-refractivity contribution is 6.77.